The molecule has 0 radical (unpaired) electrons. The van der Waals surface area contributed by atoms with E-state index in [0.717, 1.165) is 50.1 Å². The normalized spacial score (nSPS) is 15.3. The second-order valence-corrected chi connectivity index (χ2v) is 7.79. The Morgan fingerprint density at radius 1 is 1.21 bits per heavy atom. The largest absolute Gasteiger partial charge is 0.495 e. The summed E-state index contributed by atoms with van der Waals surface area (Å²) < 4.78 is 18.4. The van der Waals surface area contributed by atoms with E-state index in [1.54, 1.807) is 13.2 Å². The summed E-state index contributed by atoms with van der Waals surface area (Å²) in [6.07, 6.45) is 3.19. The van der Waals surface area contributed by atoms with E-state index in [1.807, 2.05) is 36.1 Å². The smallest absolute Gasteiger partial charge is 0.226 e. The molecular weight excluding hydrogens is 391 g/mol. The van der Waals surface area contributed by atoms with Crippen molar-refractivity contribution in [3.63, 3.8) is 0 Å². The van der Waals surface area contributed by atoms with Crippen LogP contribution < -0.4 is 9.64 Å². The number of carbonyl (C=O) groups excluding carboxylic acids is 1. The number of likely N-dealkylation sites (tertiary alicyclic amines) is 1. The molecule has 0 saturated carbocycles. The summed E-state index contributed by atoms with van der Waals surface area (Å²) in [5, 5.41) is 0.538. The van der Waals surface area contributed by atoms with Crippen molar-refractivity contribution in [3.05, 3.63) is 58.9 Å². The van der Waals surface area contributed by atoms with Gasteiger partial charge >= 0.3 is 0 Å². The van der Waals surface area contributed by atoms with Crippen molar-refractivity contribution in [3.8, 4) is 5.75 Å². The molecule has 1 heterocycles. The number of ether oxygens (including phenoxy) is 1. The van der Waals surface area contributed by atoms with Gasteiger partial charge in [-0.15, -0.1) is 0 Å². The highest BCUT2D eigenvalue weighted by molar-refractivity contribution is 6.32. The first-order valence-electron chi connectivity index (χ1n) is 10.1. The lowest BCUT2D eigenvalue weighted by Crippen LogP contribution is -2.47. The van der Waals surface area contributed by atoms with Crippen LogP contribution in [0.2, 0.25) is 5.02 Å². The van der Waals surface area contributed by atoms with E-state index >= 15 is 0 Å². The van der Waals surface area contributed by atoms with Crippen LogP contribution in [0, 0.1) is 5.82 Å². The predicted octanol–water partition coefficient (Wildman–Crippen LogP) is 4.94. The summed E-state index contributed by atoms with van der Waals surface area (Å²) in [4.78, 5) is 17.1. The van der Waals surface area contributed by atoms with Crippen LogP contribution >= 0.6 is 11.6 Å². The van der Waals surface area contributed by atoms with Gasteiger partial charge in [-0.25, -0.2) is 4.39 Å². The third-order valence-corrected chi connectivity index (χ3v) is 5.85. The summed E-state index contributed by atoms with van der Waals surface area (Å²) in [6.45, 7) is 4.70. The lowest BCUT2D eigenvalue weighted by Gasteiger charge is -2.38. The number of nitrogens with zero attached hydrogens (tertiary/aromatic N) is 2. The molecule has 2 aromatic carbocycles. The number of anilines is 1. The fraction of sp³-hybridized carbons (Fsp3) is 0.435. The molecule has 0 aromatic heterocycles. The van der Waals surface area contributed by atoms with E-state index in [-0.39, 0.29) is 17.8 Å². The fourth-order valence-corrected chi connectivity index (χ4v) is 4.06. The zero-order valence-electron chi connectivity index (χ0n) is 17.0. The Morgan fingerprint density at radius 3 is 2.52 bits per heavy atom. The third kappa shape index (κ3) is 5.49. The van der Waals surface area contributed by atoms with Gasteiger partial charge in [0.15, 0.2) is 0 Å². The number of hydrogen-bond acceptors (Lipinski definition) is 3. The average Bonchev–Trinajstić information content (AvgIpc) is 2.75. The minimum Gasteiger partial charge on any atom is -0.495 e. The molecule has 1 aliphatic rings. The molecule has 2 aromatic rings. The molecular formula is C23H28ClFN2O2. The van der Waals surface area contributed by atoms with Gasteiger partial charge in [0, 0.05) is 43.9 Å². The molecule has 1 amide bonds. The molecule has 1 saturated heterocycles. The Kier molecular flexibility index (Phi) is 7.51. The van der Waals surface area contributed by atoms with Crippen molar-refractivity contribution < 1.29 is 13.9 Å². The maximum atomic E-state index is 13.0. The SMILES string of the molecule is CCC(=O)N(c1ccc(Cl)c(OC)c1)C1CCN(CCc2ccc(F)cc2)CC1. The highest BCUT2D eigenvalue weighted by Crippen LogP contribution is 2.32. The van der Waals surface area contributed by atoms with E-state index in [2.05, 4.69) is 4.90 Å². The Hall–Kier alpha value is -2.11. The average molecular weight is 419 g/mol. The minimum atomic E-state index is -0.200. The molecule has 1 aliphatic heterocycles. The van der Waals surface area contributed by atoms with E-state index in [0.29, 0.717) is 17.2 Å². The van der Waals surface area contributed by atoms with E-state index in [4.69, 9.17) is 16.3 Å². The van der Waals surface area contributed by atoms with Crippen molar-refractivity contribution in [2.24, 2.45) is 0 Å². The van der Waals surface area contributed by atoms with Gasteiger partial charge in [-0.05, 0) is 49.1 Å². The van der Waals surface area contributed by atoms with Crippen LogP contribution in [0.4, 0.5) is 10.1 Å². The second kappa shape index (κ2) is 10.1. The maximum absolute atomic E-state index is 13.0. The molecule has 0 bridgehead atoms. The van der Waals surface area contributed by atoms with Gasteiger partial charge in [0.2, 0.25) is 5.91 Å². The quantitative estimate of drug-likeness (QED) is 0.638. The number of halogens is 2. The molecule has 0 atom stereocenters. The van der Waals surface area contributed by atoms with E-state index in [9.17, 15) is 9.18 Å². The van der Waals surface area contributed by atoms with Gasteiger partial charge in [0.1, 0.15) is 11.6 Å². The summed E-state index contributed by atoms with van der Waals surface area (Å²) >= 11 is 6.16. The lowest BCUT2D eigenvalue weighted by molar-refractivity contribution is -0.119. The fourth-order valence-electron chi connectivity index (χ4n) is 3.87. The van der Waals surface area contributed by atoms with Crippen molar-refractivity contribution in [2.75, 3.05) is 31.6 Å². The Balaban J connectivity index is 1.63. The summed E-state index contributed by atoms with van der Waals surface area (Å²) in [6, 6.07) is 12.4. The predicted molar refractivity (Wildman–Crippen MR) is 115 cm³/mol. The third-order valence-electron chi connectivity index (χ3n) is 5.54. The molecule has 6 heteroatoms. The van der Waals surface area contributed by atoms with Crippen molar-refractivity contribution in [1.29, 1.82) is 0 Å². The number of carbonyl (C=O) groups is 1. The van der Waals surface area contributed by atoms with Crippen LogP contribution in [-0.4, -0.2) is 43.6 Å². The van der Waals surface area contributed by atoms with Gasteiger partial charge in [-0.1, -0.05) is 30.7 Å². The minimum absolute atomic E-state index is 0.110. The Morgan fingerprint density at radius 2 is 1.90 bits per heavy atom. The molecule has 3 rings (SSSR count). The van der Waals surface area contributed by atoms with E-state index in [1.165, 1.54) is 12.1 Å². The number of amides is 1. The molecule has 0 unspecified atom stereocenters. The molecule has 0 N–H and O–H groups in total. The van der Waals surface area contributed by atoms with Crippen LogP contribution in [0.3, 0.4) is 0 Å². The second-order valence-electron chi connectivity index (χ2n) is 7.39. The Labute approximate surface area is 177 Å². The number of hydrogen-bond donors (Lipinski definition) is 0. The van der Waals surface area contributed by atoms with Crippen LogP contribution in [0.1, 0.15) is 31.7 Å². The highest BCUT2D eigenvalue weighted by Gasteiger charge is 2.28. The van der Waals surface area contributed by atoms with Gasteiger partial charge < -0.3 is 14.5 Å². The van der Waals surface area contributed by atoms with Crippen LogP contribution in [0.15, 0.2) is 42.5 Å². The maximum Gasteiger partial charge on any atom is 0.226 e. The number of benzene rings is 2. The van der Waals surface area contributed by atoms with Gasteiger partial charge in [0.05, 0.1) is 12.1 Å². The Bertz CT molecular complexity index is 820. The molecule has 1 fully saturated rings. The topological polar surface area (TPSA) is 32.8 Å². The first-order valence-corrected chi connectivity index (χ1v) is 10.5. The molecule has 0 aliphatic carbocycles. The van der Waals surface area contributed by atoms with Crippen molar-refractivity contribution in [1.82, 2.24) is 4.90 Å². The number of piperidine rings is 1. The van der Waals surface area contributed by atoms with E-state index < -0.39 is 0 Å². The zero-order chi connectivity index (χ0) is 20.8. The van der Waals surface area contributed by atoms with Crippen molar-refractivity contribution >= 4 is 23.2 Å². The van der Waals surface area contributed by atoms with Gasteiger partial charge in [0.25, 0.3) is 0 Å². The van der Waals surface area contributed by atoms with Crippen molar-refractivity contribution in [2.45, 2.75) is 38.6 Å². The standard InChI is InChI=1S/C23H28ClFN2O2/c1-3-23(28)27(20-8-9-21(24)22(16-20)29-2)19-11-14-26(15-12-19)13-10-17-4-6-18(25)7-5-17/h4-9,16,19H,3,10-15H2,1-2H3. The van der Waals surface area contributed by atoms with Gasteiger partial charge in [-0.2, -0.15) is 0 Å². The monoisotopic (exact) mass is 418 g/mol. The van der Waals surface area contributed by atoms with Gasteiger partial charge in [-0.3, -0.25) is 4.79 Å². The van der Waals surface area contributed by atoms with Crippen LogP contribution in [-0.2, 0) is 11.2 Å². The lowest BCUT2D eigenvalue weighted by atomic mass is 10.0. The summed E-state index contributed by atoms with van der Waals surface area (Å²) in [5.74, 6) is 0.489. The summed E-state index contributed by atoms with van der Waals surface area (Å²) in [5.41, 5.74) is 1.98. The number of methoxy groups -OCH3 is 1. The first-order chi connectivity index (χ1) is 14.0. The molecule has 29 heavy (non-hydrogen) atoms. The highest BCUT2D eigenvalue weighted by atomic mass is 35.5. The molecule has 0 spiro atoms. The first kappa shape index (κ1) is 21.6. The van der Waals surface area contributed by atoms with Crippen LogP contribution in [0.5, 0.6) is 5.75 Å². The number of rotatable bonds is 7. The summed E-state index contributed by atoms with van der Waals surface area (Å²) in [7, 11) is 1.58. The molecule has 156 valence electrons. The zero-order valence-corrected chi connectivity index (χ0v) is 17.8. The van der Waals surface area contributed by atoms with Crippen LogP contribution in [0.25, 0.3) is 0 Å². The molecule has 4 nitrogen and oxygen atoms in total.